The van der Waals surface area contributed by atoms with Crippen molar-refractivity contribution >= 4 is 5.91 Å². The first-order valence-corrected chi connectivity index (χ1v) is 27.4. The highest BCUT2D eigenvalue weighted by atomic mass is 16.7. The van der Waals surface area contributed by atoms with E-state index in [1.807, 2.05) is 6.08 Å². The average molecular weight is 982 g/mol. The van der Waals surface area contributed by atoms with Crippen LogP contribution >= 0.6 is 0 Å². The third-order valence-corrected chi connectivity index (χ3v) is 13.2. The molecule has 14 heteroatoms. The highest BCUT2D eigenvalue weighted by Gasteiger charge is 2.51. The van der Waals surface area contributed by atoms with Gasteiger partial charge < -0.3 is 65.1 Å². The van der Waals surface area contributed by atoms with Crippen molar-refractivity contribution in [1.82, 2.24) is 5.32 Å². The Bertz CT molecular complexity index is 1340. The van der Waals surface area contributed by atoms with Crippen LogP contribution < -0.4 is 5.32 Å². The molecule has 12 unspecified atom stereocenters. The fraction of sp³-hybridized carbons (Fsp3) is 0.836. The Morgan fingerprint density at radius 1 is 0.522 bits per heavy atom. The minimum Gasteiger partial charge on any atom is -0.394 e. The molecule has 0 aliphatic carbocycles. The van der Waals surface area contributed by atoms with Gasteiger partial charge in [0.25, 0.3) is 0 Å². The molecule has 2 heterocycles. The number of hydrogen-bond donors (Lipinski definition) is 9. The summed E-state index contributed by atoms with van der Waals surface area (Å²) in [4.78, 5) is 13.2. The van der Waals surface area contributed by atoms with Gasteiger partial charge in [0.2, 0.25) is 5.91 Å². The Balaban J connectivity index is 1.72. The van der Waals surface area contributed by atoms with Crippen LogP contribution in [0.25, 0.3) is 0 Å². The molecular weight excluding hydrogens is 883 g/mol. The van der Waals surface area contributed by atoms with Gasteiger partial charge in [-0.1, -0.05) is 178 Å². The predicted octanol–water partition coefficient (Wildman–Crippen LogP) is 8.05. The molecule has 0 aromatic rings. The van der Waals surface area contributed by atoms with Crippen LogP contribution in [0.5, 0.6) is 0 Å². The summed E-state index contributed by atoms with van der Waals surface area (Å²) < 4.78 is 22.6. The maximum Gasteiger partial charge on any atom is 0.220 e. The summed E-state index contributed by atoms with van der Waals surface area (Å²) in [6, 6.07) is -0.936. The molecule has 12 atom stereocenters. The number of rotatable bonds is 42. The maximum atomic E-state index is 13.2. The van der Waals surface area contributed by atoms with Crippen LogP contribution in [0.15, 0.2) is 48.6 Å². The Hall–Kier alpha value is -2.05. The Kier molecular flexibility index (Phi) is 37.9. The average Bonchev–Trinajstić information content (AvgIpc) is 3.35. The van der Waals surface area contributed by atoms with Crippen LogP contribution in [0.2, 0.25) is 0 Å². The van der Waals surface area contributed by atoms with E-state index in [9.17, 15) is 45.6 Å². The van der Waals surface area contributed by atoms with E-state index in [1.165, 1.54) is 122 Å². The van der Waals surface area contributed by atoms with Crippen molar-refractivity contribution < 1.29 is 64.6 Å². The molecule has 0 radical (unpaired) electrons. The summed E-state index contributed by atoms with van der Waals surface area (Å²) in [6.45, 7) is 2.63. The van der Waals surface area contributed by atoms with Gasteiger partial charge in [0, 0.05) is 6.42 Å². The number of unbranched alkanes of at least 4 members (excludes halogenated alkanes) is 23. The maximum absolute atomic E-state index is 13.2. The van der Waals surface area contributed by atoms with E-state index in [-0.39, 0.29) is 18.9 Å². The minimum atomic E-state index is -1.79. The van der Waals surface area contributed by atoms with Gasteiger partial charge in [-0.05, 0) is 64.2 Å². The van der Waals surface area contributed by atoms with E-state index in [0.29, 0.717) is 12.8 Å². The number of aliphatic hydroxyl groups is 8. The fourth-order valence-corrected chi connectivity index (χ4v) is 8.80. The molecule has 2 saturated heterocycles. The zero-order valence-electron chi connectivity index (χ0n) is 42.8. The van der Waals surface area contributed by atoms with E-state index < -0.39 is 86.8 Å². The molecule has 0 aromatic heterocycles. The monoisotopic (exact) mass is 982 g/mol. The second-order valence-corrected chi connectivity index (χ2v) is 19.3. The minimum absolute atomic E-state index is 0.256. The predicted molar refractivity (Wildman–Crippen MR) is 272 cm³/mol. The lowest BCUT2D eigenvalue weighted by Gasteiger charge is -2.46. The molecule has 402 valence electrons. The highest BCUT2D eigenvalue weighted by Crippen LogP contribution is 2.30. The van der Waals surface area contributed by atoms with Crippen LogP contribution in [-0.2, 0) is 23.7 Å². The van der Waals surface area contributed by atoms with Crippen LogP contribution in [-0.4, -0.2) is 140 Å². The summed E-state index contributed by atoms with van der Waals surface area (Å²) in [7, 11) is 0. The molecule has 1 amide bonds. The molecule has 2 rings (SSSR count). The molecule has 0 saturated carbocycles. The quantitative estimate of drug-likeness (QED) is 0.0209. The molecule has 69 heavy (non-hydrogen) atoms. The molecule has 9 N–H and O–H groups in total. The Labute approximate surface area is 416 Å². The van der Waals surface area contributed by atoms with Crippen LogP contribution in [0, 0.1) is 0 Å². The first kappa shape index (κ1) is 63.1. The molecule has 2 aliphatic rings. The van der Waals surface area contributed by atoms with Crippen molar-refractivity contribution in [3.63, 3.8) is 0 Å². The number of aliphatic hydroxyl groups excluding tert-OH is 8. The Morgan fingerprint density at radius 2 is 0.971 bits per heavy atom. The van der Waals surface area contributed by atoms with Crippen LogP contribution in [0.3, 0.4) is 0 Å². The third-order valence-electron chi connectivity index (χ3n) is 13.2. The summed E-state index contributed by atoms with van der Waals surface area (Å²) in [6.07, 6.45) is 33.3. The topological polar surface area (TPSA) is 228 Å². The molecule has 0 aromatic carbocycles. The van der Waals surface area contributed by atoms with Gasteiger partial charge in [0.15, 0.2) is 12.6 Å². The van der Waals surface area contributed by atoms with Crippen LogP contribution in [0.1, 0.15) is 200 Å². The molecule has 2 aliphatic heterocycles. The summed E-state index contributed by atoms with van der Waals surface area (Å²) in [5.74, 6) is -0.256. The first-order chi connectivity index (χ1) is 33.6. The zero-order chi connectivity index (χ0) is 50.3. The SMILES string of the molecule is CC/C=C/CC/C=C/CC/C=C/C(O)C(COC1OC(CO)C(OC2OC(CO)C(O)C(O)C2O)C(O)C1O)NC(=O)CCCCCCCCCCCCCCC/C=C\CCCCCCCCCC. The van der Waals surface area contributed by atoms with Crippen molar-refractivity contribution in [2.45, 2.75) is 274 Å². The summed E-state index contributed by atoms with van der Waals surface area (Å²) in [5.41, 5.74) is 0. The smallest absolute Gasteiger partial charge is 0.220 e. The number of amides is 1. The molecule has 0 bridgehead atoms. The molecular formula is C55H99NO13. The van der Waals surface area contributed by atoms with E-state index in [2.05, 4.69) is 55.6 Å². The number of nitrogens with one attached hydrogen (secondary N) is 1. The lowest BCUT2D eigenvalue weighted by molar-refractivity contribution is -0.359. The highest BCUT2D eigenvalue weighted by molar-refractivity contribution is 5.76. The number of allylic oxidation sites excluding steroid dienone is 7. The van der Waals surface area contributed by atoms with E-state index >= 15 is 0 Å². The second-order valence-electron chi connectivity index (χ2n) is 19.3. The van der Waals surface area contributed by atoms with Crippen LogP contribution in [0.4, 0.5) is 0 Å². The van der Waals surface area contributed by atoms with Crippen molar-refractivity contribution in [3.8, 4) is 0 Å². The standard InChI is InChI=1S/C55H99NO13/c1-3-5-7-9-11-13-15-16-17-18-19-20-21-22-23-24-25-26-27-28-29-31-33-35-37-39-47(60)56-43(44(59)38-36-34-32-30-14-12-10-8-6-4-2)42-66-54-52(65)50(63)53(46(41-58)68-54)69-55-51(64)49(62)48(61)45(40-57)67-55/h6,8,14,18-19,30,36,38,43-46,48-55,57-59,61-65H,3-5,7,9-13,15-17,20-29,31-35,37,39-42H2,1-2H3,(H,56,60)/b8-6+,19-18-,30-14+,38-36+. The number of hydrogen-bond acceptors (Lipinski definition) is 13. The second kappa shape index (κ2) is 41.4. The van der Waals surface area contributed by atoms with Crippen molar-refractivity contribution in [1.29, 1.82) is 0 Å². The normalized spacial score (nSPS) is 26.5. The van der Waals surface area contributed by atoms with Gasteiger partial charge in [-0.25, -0.2) is 0 Å². The van der Waals surface area contributed by atoms with E-state index in [0.717, 1.165) is 44.9 Å². The first-order valence-electron chi connectivity index (χ1n) is 27.4. The largest absolute Gasteiger partial charge is 0.394 e. The van der Waals surface area contributed by atoms with Gasteiger partial charge in [-0.2, -0.15) is 0 Å². The summed E-state index contributed by atoms with van der Waals surface area (Å²) >= 11 is 0. The number of ether oxygens (including phenoxy) is 4. The van der Waals surface area contributed by atoms with Gasteiger partial charge >= 0.3 is 0 Å². The lowest BCUT2D eigenvalue weighted by atomic mass is 9.97. The van der Waals surface area contributed by atoms with Crippen molar-refractivity contribution in [2.24, 2.45) is 0 Å². The molecule has 14 nitrogen and oxygen atoms in total. The fourth-order valence-electron chi connectivity index (χ4n) is 8.80. The van der Waals surface area contributed by atoms with Gasteiger partial charge in [-0.3, -0.25) is 4.79 Å². The van der Waals surface area contributed by atoms with Gasteiger partial charge in [0.05, 0.1) is 32.0 Å². The zero-order valence-corrected chi connectivity index (χ0v) is 42.8. The van der Waals surface area contributed by atoms with E-state index in [4.69, 9.17) is 18.9 Å². The molecule has 0 spiro atoms. The van der Waals surface area contributed by atoms with Crippen molar-refractivity contribution in [2.75, 3.05) is 19.8 Å². The van der Waals surface area contributed by atoms with Gasteiger partial charge in [0.1, 0.15) is 48.8 Å². The summed E-state index contributed by atoms with van der Waals surface area (Å²) in [5, 5.41) is 86.6. The van der Waals surface area contributed by atoms with Gasteiger partial charge in [-0.15, -0.1) is 0 Å². The Morgan fingerprint density at radius 3 is 1.49 bits per heavy atom. The van der Waals surface area contributed by atoms with Crippen molar-refractivity contribution in [3.05, 3.63) is 48.6 Å². The third kappa shape index (κ3) is 28.1. The van der Waals surface area contributed by atoms with E-state index in [1.54, 1.807) is 6.08 Å². The number of carbonyl (C=O) groups is 1. The lowest BCUT2D eigenvalue weighted by Crippen LogP contribution is -2.65. The number of carbonyl (C=O) groups excluding carboxylic acids is 1. The molecule has 2 fully saturated rings.